The summed E-state index contributed by atoms with van der Waals surface area (Å²) in [5.41, 5.74) is 3.55. The molecule has 0 spiro atoms. The predicted molar refractivity (Wildman–Crippen MR) is 139 cm³/mol. The van der Waals surface area contributed by atoms with Crippen molar-refractivity contribution in [3.05, 3.63) is 81.7 Å². The van der Waals surface area contributed by atoms with Crippen LogP contribution in [-0.2, 0) is 6.54 Å². The number of aliphatic hydroxyl groups is 1. The Labute approximate surface area is 209 Å². The lowest BCUT2D eigenvalue weighted by Gasteiger charge is -2.15. The van der Waals surface area contributed by atoms with Gasteiger partial charge >= 0.3 is 0 Å². The Morgan fingerprint density at radius 3 is 2.43 bits per heavy atom. The Hall–Kier alpha value is -3.42. The molecular weight excluding hydrogens is 464 g/mol. The van der Waals surface area contributed by atoms with Crippen molar-refractivity contribution in [2.75, 3.05) is 13.2 Å². The summed E-state index contributed by atoms with van der Waals surface area (Å²) in [7, 11) is 0. The predicted octanol–water partition coefficient (Wildman–Crippen LogP) is 4.79. The zero-order valence-corrected chi connectivity index (χ0v) is 20.5. The third kappa shape index (κ3) is 5.63. The first-order chi connectivity index (χ1) is 17.0. The molecule has 7 nitrogen and oxygen atoms in total. The molecule has 0 atom stereocenters. The molecule has 4 aromatic rings. The molecule has 0 aliphatic carbocycles. The van der Waals surface area contributed by atoms with Crippen molar-refractivity contribution in [1.29, 1.82) is 0 Å². The van der Waals surface area contributed by atoms with Gasteiger partial charge in [-0.3, -0.25) is 14.0 Å². The summed E-state index contributed by atoms with van der Waals surface area (Å²) >= 11 is 6.04. The van der Waals surface area contributed by atoms with Crippen LogP contribution in [0.3, 0.4) is 0 Å². The van der Waals surface area contributed by atoms with E-state index in [-0.39, 0.29) is 18.1 Å². The lowest BCUT2D eigenvalue weighted by atomic mass is 10.1. The van der Waals surface area contributed by atoms with Crippen LogP contribution in [0.4, 0.5) is 0 Å². The van der Waals surface area contributed by atoms with Gasteiger partial charge < -0.3 is 15.0 Å². The SMILES string of the molecule is CCCCCn1c(-c2ccc(C(=O)NCCCO)cc2)cc(=O)n2cc(-c3ccc(Cl)cc3)nc12. The van der Waals surface area contributed by atoms with Gasteiger partial charge in [0.05, 0.1) is 11.4 Å². The lowest BCUT2D eigenvalue weighted by molar-refractivity contribution is 0.0951. The smallest absolute Gasteiger partial charge is 0.259 e. The molecule has 1 amide bonds. The molecule has 2 aromatic heterocycles. The molecule has 0 unspecified atom stereocenters. The second-order valence-corrected chi connectivity index (χ2v) is 8.88. The molecule has 182 valence electrons. The van der Waals surface area contributed by atoms with E-state index in [1.54, 1.807) is 40.9 Å². The summed E-state index contributed by atoms with van der Waals surface area (Å²) in [6.45, 7) is 3.32. The van der Waals surface area contributed by atoms with Crippen molar-refractivity contribution in [1.82, 2.24) is 19.3 Å². The quantitative estimate of drug-likeness (QED) is 0.312. The molecule has 0 fully saturated rings. The van der Waals surface area contributed by atoms with Crippen molar-refractivity contribution in [2.45, 2.75) is 39.2 Å². The molecular formula is C27H29ClN4O3. The first kappa shape index (κ1) is 24.7. The number of fused-ring (bicyclic) bond motifs is 1. The molecule has 0 radical (unpaired) electrons. The van der Waals surface area contributed by atoms with Crippen LogP contribution in [0.5, 0.6) is 0 Å². The fourth-order valence-electron chi connectivity index (χ4n) is 4.01. The number of hydrogen-bond acceptors (Lipinski definition) is 4. The van der Waals surface area contributed by atoms with Crippen LogP contribution in [0.1, 0.15) is 43.0 Å². The van der Waals surface area contributed by atoms with Gasteiger partial charge in [0.25, 0.3) is 11.5 Å². The summed E-state index contributed by atoms with van der Waals surface area (Å²) in [6, 6.07) is 16.2. The van der Waals surface area contributed by atoms with Crippen molar-refractivity contribution >= 4 is 23.3 Å². The van der Waals surface area contributed by atoms with Crippen LogP contribution in [0.15, 0.2) is 65.6 Å². The van der Waals surface area contributed by atoms with E-state index in [0.29, 0.717) is 41.6 Å². The second kappa shape index (κ2) is 11.3. The highest BCUT2D eigenvalue weighted by Gasteiger charge is 2.15. The molecule has 0 aliphatic rings. The fourth-order valence-corrected chi connectivity index (χ4v) is 4.14. The van der Waals surface area contributed by atoms with Crippen molar-refractivity contribution < 1.29 is 9.90 Å². The fraction of sp³-hybridized carbons (Fsp3) is 0.296. The Morgan fingerprint density at radius 2 is 1.74 bits per heavy atom. The Balaban J connectivity index is 1.75. The third-order valence-corrected chi connectivity index (χ3v) is 6.16. The highest BCUT2D eigenvalue weighted by Crippen LogP contribution is 2.25. The van der Waals surface area contributed by atoms with Gasteiger partial charge in [0, 0.05) is 48.1 Å². The standard InChI is InChI=1S/C27H29ClN4O3/c1-2-3-4-15-31-24(20-6-8-21(9-7-20)26(35)29-14-5-16-33)17-25(34)32-18-23(30-27(31)32)19-10-12-22(28)13-11-19/h6-13,17-18,33H,2-5,14-16H2,1H3,(H,29,35). The maximum absolute atomic E-state index is 13.1. The van der Waals surface area contributed by atoms with E-state index >= 15 is 0 Å². The Morgan fingerprint density at radius 1 is 1.03 bits per heavy atom. The molecule has 2 N–H and O–H groups in total. The number of imidazole rings is 1. The summed E-state index contributed by atoms with van der Waals surface area (Å²) < 4.78 is 3.66. The molecule has 0 bridgehead atoms. The number of benzene rings is 2. The van der Waals surface area contributed by atoms with Crippen molar-refractivity contribution in [3.8, 4) is 22.5 Å². The molecule has 8 heteroatoms. The monoisotopic (exact) mass is 492 g/mol. The van der Waals surface area contributed by atoms with Gasteiger partial charge in [-0.1, -0.05) is 55.6 Å². The molecule has 2 heterocycles. The highest BCUT2D eigenvalue weighted by molar-refractivity contribution is 6.30. The van der Waals surface area contributed by atoms with Crippen LogP contribution < -0.4 is 10.9 Å². The topological polar surface area (TPSA) is 88.6 Å². The molecule has 4 rings (SSSR count). The van der Waals surface area contributed by atoms with Crippen LogP contribution in [0, 0.1) is 0 Å². The summed E-state index contributed by atoms with van der Waals surface area (Å²) in [6.07, 6.45) is 5.37. The second-order valence-electron chi connectivity index (χ2n) is 8.44. The summed E-state index contributed by atoms with van der Waals surface area (Å²) in [5, 5.41) is 12.3. The number of nitrogens with zero attached hydrogens (tertiary/aromatic N) is 3. The number of carbonyl (C=O) groups excluding carboxylic acids is 1. The minimum Gasteiger partial charge on any atom is -0.396 e. The van der Waals surface area contributed by atoms with E-state index in [0.717, 1.165) is 36.1 Å². The molecule has 2 aromatic carbocycles. The van der Waals surface area contributed by atoms with Crippen LogP contribution >= 0.6 is 11.6 Å². The Bertz CT molecular complexity index is 1360. The number of halogens is 1. The molecule has 35 heavy (non-hydrogen) atoms. The van der Waals surface area contributed by atoms with E-state index in [4.69, 9.17) is 21.7 Å². The van der Waals surface area contributed by atoms with E-state index in [1.165, 1.54) is 0 Å². The number of amides is 1. The van der Waals surface area contributed by atoms with Crippen molar-refractivity contribution in [3.63, 3.8) is 0 Å². The Kier molecular flexibility index (Phi) is 8.00. The van der Waals surface area contributed by atoms with E-state index in [2.05, 4.69) is 16.8 Å². The number of unbranched alkanes of at least 4 members (excludes halogenated alkanes) is 2. The minimum absolute atomic E-state index is 0.0325. The van der Waals surface area contributed by atoms with Gasteiger partial charge in [-0.05, 0) is 42.7 Å². The summed E-state index contributed by atoms with van der Waals surface area (Å²) in [4.78, 5) is 30.2. The first-order valence-electron chi connectivity index (χ1n) is 11.9. The summed E-state index contributed by atoms with van der Waals surface area (Å²) in [5.74, 6) is 0.390. The van der Waals surface area contributed by atoms with E-state index < -0.39 is 0 Å². The minimum atomic E-state index is -0.193. The first-order valence-corrected chi connectivity index (χ1v) is 12.3. The largest absolute Gasteiger partial charge is 0.396 e. The zero-order chi connectivity index (χ0) is 24.8. The van der Waals surface area contributed by atoms with Gasteiger partial charge in [0.2, 0.25) is 5.78 Å². The maximum Gasteiger partial charge on any atom is 0.259 e. The maximum atomic E-state index is 13.1. The number of nitrogens with one attached hydrogen (secondary N) is 1. The van der Waals surface area contributed by atoms with Crippen LogP contribution in [0.25, 0.3) is 28.3 Å². The number of rotatable bonds is 10. The van der Waals surface area contributed by atoms with Crippen LogP contribution in [-0.4, -0.2) is 38.1 Å². The van der Waals surface area contributed by atoms with Gasteiger partial charge in [-0.15, -0.1) is 0 Å². The van der Waals surface area contributed by atoms with E-state index in [1.807, 2.05) is 24.3 Å². The van der Waals surface area contributed by atoms with Gasteiger partial charge in [-0.2, -0.15) is 0 Å². The van der Waals surface area contributed by atoms with Crippen LogP contribution in [0.2, 0.25) is 5.02 Å². The average Bonchev–Trinajstić information content (AvgIpc) is 3.32. The molecule has 0 saturated carbocycles. The highest BCUT2D eigenvalue weighted by atomic mass is 35.5. The van der Waals surface area contributed by atoms with Crippen molar-refractivity contribution in [2.24, 2.45) is 0 Å². The molecule has 0 aliphatic heterocycles. The third-order valence-electron chi connectivity index (χ3n) is 5.91. The number of hydrogen-bond donors (Lipinski definition) is 2. The van der Waals surface area contributed by atoms with E-state index in [9.17, 15) is 9.59 Å². The number of aliphatic hydroxyl groups excluding tert-OH is 1. The molecule has 0 saturated heterocycles. The number of aromatic nitrogens is 3. The van der Waals surface area contributed by atoms with Gasteiger partial charge in [0.15, 0.2) is 0 Å². The average molecular weight is 493 g/mol. The van der Waals surface area contributed by atoms with Gasteiger partial charge in [0.1, 0.15) is 0 Å². The lowest BCUT2D eigenvalue weighted by Crippen LogP contribution is -2.24. The number of aryl methyl sites for hydroxylation is 1. The zero-order valence-electron chi connectivity index (χ0n) is 19.7. The normalized spacial score (nSPS) is 11.2. The number of carbonyl (C=O) groups is 1. The van der Waals surface area contributed by atoms with Gasteiger partial charge in [-0.25, -0.2) is 4.98 Å².